The Balaban J connectivity index is 2.91. The lowest BCUT2D eigenvalue weighted by molar-refractivity contribution is -0.125. The minimum Gasteiger partial charge on any atom is -0.478 e. The fraction of sp³-hybridized carbons (Fsp3) is 0.273. The third-order valence-electron chi connectivity index (χ3n) is 2.45. The van der Waals surface area contributed by atoms with Gasteiger partial charge in [0.15, 0.2) is 0 Å². The van der Waals surface area contributed by atoms with Gasteiger partial charge in [-0.05, 0) is 24.6 Å². The van der Waals surface area contributed by atoms with Gasteiger partial charge in [0, 0.05) is 17.9 Å². The zero-order chi connectivity index (χ0) is 13.9. The molecule has 1 amide bonds. The molecule has 1 unspecified atom stereocenters. The van der Waals surface area contributed by atoms with Crippen molar-refractivity contribution in [2.45, 2.75) is 13.0 Å². The summed E-state index contributed by atoms with van der Waals surface area (Å²) in [7, 11) is 0. The molecule has 0 fully saturated rings. The fourth-order valence-corrected chi connectivity index (χ4v) is 1.39. The number of anilines is 2. The normalized spacial score (nSPS) is 11.9. The van der Waals surface area contributed by atoms with Crippen molar-refractivity contribution < 1.29 is 19.8 Å². The average Bonchev–Trinajstić information content (AvgIpc) is 2.29. The van der Waals surface area contributed by atoms with Gasteiger partial charge in [0.1, 0.15) is 6.10 Å². The fourth-order valence-electron chi connectivity index (χ4n) is 1.39. The van der Waals surface area contributed by atoms with Crippen LogP contribution in [0.1, 0.15) is 15.9 Å². The molecule has 7 heteroatoms. The molecule has 0 heterocycles. The van der Waals surface area contributed by atoms with E-state index in [-0.39, 0.29) is 17.8 Å². The van der Waals surface area contributed by atoms with Crippen LogP contribution in [0.15, 0.2) is 12.1 Å². The quantitative estimate of drug-likeness (QED) is 0.450. The van der Waals surface area contributed by atoms with E-state index >= 15 is 0 Å². The molecule has 0 aliphatic rings. The van der Waals surface area contributed by atoms with E-state index in [0.29, 0.717) is 11.3 Å². The lowest BCUT2D eigenvalue weighted by atomic mass is 10.1. The van der Waals surface area contributed by atoms with Gasteiger partial charge in [-0.2, -0.15) is 0 Å². The van der Waals surface area contributed by atoms with E-state index in [4.69, 9.17) is 16.6 Å². The van der Waals surface area contributed by atoms with E-state index in [1.807, 2.05) is 0 Å². The van der Waals surface area contributed by atoms with E-state index in [9.17, 15) is 14.7 Å². The molecule has 1 aromatic rings. The number of nitrogens with two attached hydrogens (primary N) is 2. The first-order chi connectivity index (χ1) is 8.32. The first-order valence-electron chi connectivity index (χ1n) is 5.17. The van der Waals surface area contributed by atoms with Gasteiger partial charge in [0.2, 0.25) is 5.91 Å². The summed E-state index contributed by atoms with van der Waals surface area (Å²) in [6.45, 7) is 1.56. The number of aliphatic hydroxyl groups excluding tert-OH is 1. The van der Waals surface area contributed by atoms with Crippen LogP contribution in [0.25, 0.3) is 0 Å². The number of benzene rings is 1. The summed E-state index contributed by atoms with van der Waals surface area (Å²) >= 11 is 0. The number of nitrogen functional groups attached to an aromatic ring is 1. The number of aromatic carboxylic acids is 1. The maximum absolute atomic E-state index is 10.9. The molecule has 0 spiro atoms. The summed E-state index contributed by atoms with van der Waals surface area (Å²) in [5.74, 6) is -2.00. The van der Waals surface area contributed by atoms with Crippen LogP contribution in [0.4, 0.5) is 11.4 Å². The maximum Gasteiger partial charge on any atom is 0.337 e. The van der Waals surface area contributed by atoms with Crippen molar-refractivity contribution in [2.24, 2.45) is 5.73 Å². The highest BCUT2D eigenvalue weighted by molar-refractivity contribution is 5.95. The van der Waals surface area contributed by atoms with Crippen LogP contribution in [0.3, 0.4) is 0 Å². The molecule has 1 rings (SSSR count). The van der Waals surface area contributed by atoms with Gasteiger partial charge in [-0.25, -0.2) is 4.79 Å². The number of primary amides is 1. The summed E-state index contributed by atoms with van der Waals surface area (Å²) in [5.41, 5.74) is 11.7. The average molecular weight is 253 g/mol. The smallest absolute Gasteiger partial charge is 0.337 e. The summed E-state index contributed by atoms with van der Waals surface area (Å²) < 4.78 is 0. The first-order valence-corrected chi connectivity index (χ1v) is 5.17. The molecule has 0 saturated carbocycles. The molecular formula is C11H15N3O4. The highest BCUT2D eigenvalue weighted by Gasteiger charge is 2.14. The number of carboxylic acid groups (broad SMARTS) is 1. The van der Waals surface area contributed by atoms with Crippen LogP contribution in [0, 0.1) is 6.92 Å². The molecule has 0 aliphatic heterocycles. The lowest BCUT2D eigenvalue weighted by Crippen LogP contribution is -2.34. The Bertz CT molecular complexity index is 487. The standard InChI is InChI=1S/C11H15N3O4/c1-5-2-6(14-4-8(15)10(13)16)3-7(9(5)12)11(17)18/h2-3,8,14-15H,4,12H2,1H3,(H2,13,16)(H,17,18). The Hall–Kier alpha value is -2.28. The number of carbonyl (C=O) groups excluding carboxylic acids is 1. The monoisotopic (exact) mass is 253 g/mol. The number of rotatable bonds is 5. The van der Waals surface area contributed by atoms with Crippen LogP contribution in [-0.2, 0) is 4.79 Å². The van der Waals surface area contributed by atoms with E-state index < -0.39 is 18.0 Å². The number of carbonyl (C=O) groups is 2. The molecule has 98 valence electrons. The zero-order valence-electron chi connectivity index (χ0n) is 9.80. The van der Waals surface area contributed by atoms with Gasteiger partial charge in [0.25, 0.3) is 0 Å². The van der Waals surface area contributed by atoms with Gasteiger partial charge in [-0.3, -0.25) is 4.79 Å². The van der Waals surface area contributed by atoms with E-state index in [0.717, 1.165) is 0 Å². The number of aryl methyl sites for hydroxylation is 1. The summed E-state index contributed by atoms with van der Waals surface area (Å²) in [5, 5.41) is 20.9. The zero-order valence-corrected chi connectivity index (χ0v) is 9.80. The van der Waals surface area contributed by atoms with Crippen molar-refractivity contribution in [1.29, 1.82) is 0 Å². The molecule has 1 aromatic carbocycles. The summed E-state index contributed by atoms with van der Waals surface area (Å²) in [6, 6.07) is 2.95. The third kappa shape index (κ3) is 3.11. The number of hydrogen-bond donors (Lipinski definition) is 5. The molecular weight excluding hydrogens is 238 g/mol. The van der Waals surface area contributed by atoms with Crippen LogP contribution >= 0.6 is 0 Å². The minimum atomic E-state index is -1.34. The number of hydrogen-bond acceptors (Lipinski definition) is 5. The highest BCUT2D eigenvalue weighted by Crippen LogP contribution is 2.22. The predicted octanol–water partition coefficient (Wildman–Crippen LogP) is -0.466. The van der Waals surface area contributed by atoms with Gasteiger partial charge in [-0.15, -0.1) is 0 Å². The Labute approximate surface area is 103 Å². The largest absolute Gasteiger partial charge is 0.478 e. The second-order valence-electron chi connectivity index (χ2n) is 3.86. The summed E-state index contributed by atoms with van der Waals surface area (Å²) in [6.07, 6.45) is -1.34. The molecule has 0 aromatic heterocycles. The molecule has 1 atom stereocenters. The molecule has 7 N–H and O–H groups in total. The maximum atomic E-state index is 10.9. The van der Waals surface area contributed by atoms with Crippen LogP contribution in [-0.4, -0.2) is 34.7 Å². The molecule has 0 aliphatic carbocycles. The van der Waals surface area contributed by atoms with Crippen LogP contribution in [0.5, 0.6) is 0 Å². The Morgan fingerprint density at radius 3 is 2.56 bits per heavy atom. The second-order valence-corrected chi connectivity index (χ2v) is 3.86. The topological polar surface area (TPSA) is 139 Å². The van der Waals surface area contributed by atoms with Crippen LogP contribution < -0.4 is 16.8 Å². The van der Waals surface area contributed by atoms with Gasteiger partial charge >= 0.3 is 5.97 Å². The Kier molecular flexibility index (Phi) is 4.11. The molecule has 0 saturated heterocycles. The number of amides is 1. The van der Waals surface area contributed by atoms with Crippen LogP contribution in [0.2, 0.25) is 0 Å². The SMILES string of the molecule is Cc1cc(NCC(O)C(N)=O)cc(C(=O)O)c1N. The third-order valence-corrected chi connectivity index (χ3v) is 2.45. The first kappa shape index (κ1) is 13.8. The van der Waals surface area contributed by atoms with Crippen molar-refractivity contribution in [3.05, 3.63) is 23.3 Å². The van der Waals surface area contributed by atoms with Gasteiger partial charge < -0.3 is 27.0 Å². The Morgan fingerprint density at radius 1 is 1.44 bits per heavy atom. The van der Waals surface area contributed by atoms with Crippen molar-refractivity contribution in [1.82, 2.24) is 0 Å². The minimum absolute atomic E-state index is 0.0361. The molecule has 18 heavy (non-hydrogen) atoms. The van der Waals surface area contributed by atoms with Crippen molar-refractivity contribution >= 4 is 23.3 Å². The lowest BCUT2D eigenvalue weighted by Gasteiger charge is -2.13. The second kappa shape index (κ2) is 5.37. The molecule has 7 nitrogen and oxygen atoms in total. The van der Waals surface area contributed by atoms with E-state index in [1.54, 1.807) is 13.0 Å². The number of aliphatic hydroxyl groups is 1. The number of nitrogens with one attached hydrogen (secondary N) is 1. The highest BCUT2D eigenvalue weighted by atomic mass is 16.4. The van der Waals surface area contributed by atoms with Gasteiger partial charge in [0.05, 0.1) is 5.56 Å². The van der Waals surface area contributed by atoms with E-state index in [1.165, 1.54) is 6.07 Å². The van der Waals surface area contributed by atoms with Gasteiger partial charge in [-0.1, -0.05) is 0 Å². The van der Waals surface area contributed by atoms with Crippen molar-refractivity contribution in [3.8, 4) is 0 Å². The molecule has 0 bridgehead atoms. The predicted molar refractivity (Wildman–Crippen MR) is 66.2 cm³/mol. The van der Waals surface area contributed by atoms with Crippen molar-refractivity contribution in [2.75, 3.05) is 17.6 Å². The molecule has 0 radical (unpaired) electrons. The number of carboxylic acids is 1. The van der Waals surface area contributed by atoms with E-state index in [2.05, 4.69) is 5.32 Å². The Morgan fingerprint density at radius 2 is 2.06 bits per heavy atom. The van der Waals surface area contributed by atoms with Crippen molar-refractivity contribution in [3.63, 3.8) is 0 Å². The summed E-state index contributed by atoms with van der Waals surface area (Å²) in [4.78, 5) is 21.6.